The van der Waals surface area contributed by atoms with Crippen molar-refractivity contribution in [3.8, 4) is 6.07 Å². The molecule has 0 saturated carbocycles. The van der Waals surface area contributed by atoms with Crippen LogP contribution in [0.25, 0.3) is 0 Å². The molecule has 20 heavy (non-hydrogen) atoms. The normalized spacial score (nSPS) is 10.2. The maximum absolute atomic E-state index is 13.8. The second-order valence-electron chi connectivity index (χ2n) is 4.32. The third kappa shape index (κ3) is 2.75. The number of hydrogen-bond acceptors (Lipinski definition) is 2. The highest BCUT2D eigenvalue weighted by Gasteiger charge is 2.12. The first-order valence-corrected chi connectivity index (χ1v) is 5.90. The zero-order valence-corrected chi connectivity index (χ0v) is 10.7. The Balaban J connectivity index is 2.28. The standard InChI is InChI=1S/C15H11F3N2/c1-9-2-5-13(17)15(14(9)18)20-8-11-6-12(16)4-3-10(11)7-19/h2-6,20H,8H2,1H3. The van der Waals surface area contributed by atoms with Crippen LogP contribution in [0.4, 0.5) is 18.9 Å². The number of halogens is 3. The summed E-state index contributed by atoms with van der Waals surface area (Å²) < 4.78 is 40.5. The van der Waals surface area contributed by atoms with Gasteiger partial charge in [0.2, 0.25) is 0 Å². The van der Waals surface area contributed by atoms with E-state index >= 15 is 0 Å². The monoisotopic (exact) mass is 276 g/mol. The van der Waals surface area contributed by atoms with Crippen molar-refractivity contribution in [1.29, 1.82) is 5.26 Å². The summed E-state index contributed by atoms with van der Waals surface area (Å²) in [6.07, 6.45) is 0. The van der Waals surface area contributed by atoms with Crippen LogP contribution < -0.4 is 5.32 Å². The summed E-state index contributed by atoms with van der Waals surface area (Å²) in [4.78, 5) is 0. The van der Waals surface area contributed by atoms with Crippen molar-refractivity contribution in [2.24, 2.45) is 0 Å². The van der Waals surface area contributed by atoms with E-state index in [2.05, 4.69) is 5.32 Å². The van der Waals surface area contributed by atoms with Crippen molar-refractivity contribution in [2.45, 2.75) is 13.5 Å². The maximum atomic E-state index is 13.8. The van der Waals surface area contributed by atoms with Crippen LogP contribution in [0.1, 0.15) is 16.7 Å². The van der Waals surface area contributed by atoms with Crippen molar-refractivity contribution < 1.29 is 13.2 Å². The Morgan fingerprint density at radius 3 is 2.60 bits per heavy atom. The Labute approximate surface area is 114 Å². The van der Waals surface area contributed by atoms with Gasteiger partial charge in [-0.25, -0.2) is 13.2 Å². The molecule has 0 aliphatic carbocycles. The summed E-state index contributed by atoms with van der Waals surface area (Å²) in [5, 5.41) is 11.5. The first-order chi connectivity index (χ1) is 9.52. The molecule has 0 radical (unpaired) electrons. The molecule has 0 bridgehead atoms. The second kappa shape index (κ2) is 5.66. The van der Waals surface area contributed by atoms with Gasteiger partial charge < -0.3 is 5.32 Å². The topological polar surface area (TPSA) is 35.8 Å². The first kappa shape index (κ1) is 13.9. The minimum Gasteiger partial charge on any atom is -0.376 e. The van der Waals surface area contributed by atoms with E-state index in [1.807, 2.05) is 6.07 Å². The number of nitrogens with zero attached hydrogens (tertiary/aromatic N) is 1. The molecule has 0 spiro atoms. The molecular weight excluding hydrogens is 265 g/mol. The summed E-state index contributed by atoms with van der Waals surface area (Å²) >= 11 is 0. The van der Waals surface area contributed by atoms with Gasteiger partial charge in [-0.1, -0.05) is 6.07 Å². The Morgan fingerprint density at radius 2 is 1.90 bits per heavy atom. The molecule has 2 rings (SSSR count). The van der Waals surface area contributed by atoms with Gasteiger partial charge in [-0.3, -0.25) is 0 Å². The molecule has 0 aliphatic heterocycles. The van der Waals surface area contributed by atoms with E-state index < -0.39 is 17.5 Å². The number of benzene rings is 2. The van der Waals surface area contributed by atoms with Crippen LogP contribution in [0.2, 0.25) is 0 Å². The van der Waals surface area contributed by atoms with Crippen molar-refractivity contribution >= 4 is 5.69 Å². The van der Waals surface area contributed by atoms with E-state index in [0.29, 0.717) is 11.1 Å². The lowest BCUT2D eigenvalue weighted by atomic mass is 10.1. The third-order valence-electron chi connectivity index (χ3n) is 2.93. The molecule has 102 valence electrons. The number of rotatable bonds is 3. The number of nitrogens with one attached hydrogen (secondary N) is 1. The Kier molecular flexibility index (Phi) is 3.94. The zero-order chi connectivity index (χ0) is 14.7. The summed E-state index contributed by atoms with van der Waals surface area (Å²) in [6, 6.07) is 8.04. The van der Waals surface area contributed by atoms with Crippen molar-refractivity contribution in [3.05, 3.63) is 64.5 Å². The minimum absolute atomic E-state index is 0.0437. The van der Waals surface area contributed by atoms with E-state index in [9.17, 15) is 13.2 Å². The molecule has 0 unspecified atom stereocenters. The van der Waals surface area contributed by atoms with Gasteiger partial charge in [-0.2, -0.15) is 5.26 Å². The third-order valence-corrected chi connectivity index (χ3v) is 2.93. The number of nitriles is 1. The molecular formula is C15H11F3N2. The van der Waals surface area contributed by atoms with Gasteiger partial charge in [-0.05, 0) is 42.3 Å². The Hall–Kier alpha value is -2.48. The average molecular weight is 276 g/mol. The highest BCUT2D eigenvalue weighted by molar-refractivity contribution is 5.50. The molecule has 2 aromatic carbocycles. The number of hydrogen-bond donors (Lipinski definition) is 1. The Bertz CT molecular complexity index is 690. The van der Waals surface area contributed by atoms with E-state index in [0.717, 1.165) is 18.2 Å². The second-order valence-corrected chi connectivity index (χ2v) is 4.32. The van der Waals surface area contributed by atoms with Crippen LogP contribution in [0.3, 0.4) is 0 Å². The molecule has 0 saturated heterocycles. The van der Waals surface area contributed by atoms with E-state index in [4.69, 9.17) is 5.26 Å². The quantitative estimate of drug-likeness (QED) is 0.923. The summed E-state index contributed by atoms with van der Waals surface area (Å²) in [5.74, 6) is -1.94. The van der Waals surface area contributed by atoms with Crippen LogP contribution in [0.5, 0.6) is 0 Å². The fourth-order valence-corrected chi connectivity index (χ4v) is 1.82. The van der Waals surface area contributed by atoms with Crippen molar-refractivity contribution in [2.75, 3.05) is 5.32 Å². The van der Waals surface area contributed by atoms with Gasteiger partial charge in [0.05, 0.1) is 11.6 Å². The lowest BCUT2D eigenvalue weighted by Crippen LogP contribution is -2.06. The Morgan fingerprint density at radius 1 is 1.15 bits per heavy atom. The first-order valence-electron chi connectivity index (χ1n) is 5.90. The van der Waals surface area contributed by atoms with E-state index in [1.54, 1.807) is 0 Å². The molecule has 5 heteroatoms. The number of anilines is 1. The van der Waals surface area contributed by atoms with Crippen LogP contribution >= 0.6 is 0 Å². The van der Waals surface area contributed by atoms with Gasteiger partial charge in [0.15, 0.2) is 5.82 Å². The summed E-state index contributed by atoms with van der Waals surface area (Å²) in [6.45, 7) is 1.47. The highest BCUT2D eigenvalue weighted by Crippen LogP contribution is 2.23. The van der Waals surface area contributed by atoms with Crippen LogP contribution in [-0.4, -0.2) is 0 Å². The van der Waals surface area contributed by atoms with Crippen molar-refractivity contribution in [3.63, 3.8) is 0 Å². The fourth-order valence-electron chi connectivity index (χ4n) is 1.82. The molecule has 2 nitrogen and oxygen atoms in total. The van der Waals surface area contributed by atoms with Crippen LogP contribution in [0.15, 0.2) is 30.3 Å². The SMILES string of the molecule is Cc1ccc(F)c(NCc2cc(F)ccc2C#N)c1F. The molecule has 2 aromatic rings. The lowest BCUT2D eigenvalue weighted by molar-refractivity contribution is 0.582. The van der Waals surface area contributed by atoms with E-state index in [1.165, 1.54) is 19.1 Å². The van der Waals surface area contributed by atoms with Gasteiger partial charge >= 0.3 is 0 Å². The van der Waals surface area contributed by atoms with Gasteiger partial charge in [0.25, 0.3) is 0 Å². The molecule has 0 aliphatic rings. The smallest absolute Gasteiger partial charge is 0.152 e. The summed E-state index contributed by atoms with van der Waals surface area (Å²) in [7, 11) is 0. The van der Waals surface area contributed by atoms with Crippen LogP contribution in [0, 0.1) is 35.7 Å². The van der Waals surface area contributed by atoms with Gasteiger partial charge in [-0.15, -0.1) is 0 Å². The van der Waals surface area contributed by atoms with Gasteiger partial charge in [0.1, 0.15) is 17.3 Å². The summed E-state index contributed by atoms with van der Waals surface area (Å²) in [5.41, 5.74) is 0.618. The molecule has 0 atom stereocenters. The lowest BCUT2D eigenvalue weighted by Gasteiger charge is -2.11. The average Bonchev–Trinajstić information content (AvgIpc) is 2.43. The molecule has 1 N–H and O–H groups in total. The maximum Gasteiger partial charge on any atom is 0.152 e. The molecule has 0 aromatic heterocycles. The minimum atomic E-state index is -0.733. The largest absolute Gasteiger partial charge is 0.376 e. The molecule has 0 amide bonds. The highest BCUT2D eigenvalue weighted by atomic mass is 19.1. The predicted octanol–water partition coefficient (Wildman–Crippen LogP) is 3.90. The van der Waals surface area contributed by atoms with E-state index in [-0.39, 0.29) is 17.8 Å². The van der Waals surface area contributed by atoms with Gasteiger partial charge in [0, 0.05) is 6.54 Å². The molecule has 0 fully saturated rings. The molecule has 0 heterocycles. The predicted molar refractivity (Wildman–Crippen MR) is 69.5 cm³/mol. The zero-order valence-electron chi connectivity index (χ0n) is 10.7. The van der Waals surface area contributed by atoms with Crippen LogP contribution in [-0.2, 0) is 6.54 Å². The van der Waals surface area contributed by atoms with Crippen molar-refractivity contribution in [1.82, 2.24) is 0 Å². The fraction of sp³-hybridized carbons (Fsp3) is 0.133. The number of aryl methyl sites for hydroxylation is 1.